The van der Waals surface area contributed by atoms with Crippen molar-refractivity contribution in [3.63, 3.8) is 0 Å². The smallest absolute Gasteiger partial charge is 0.224 e. The molecule has 0 radical (unpaired) electrons. The number of aromatic nitrogens is 1. The fourth-order valence-electron chi connectivity index (χ4n) is 2.09. The summed E-state index contributed by atoms with van der Waals surface area (Å²) in [6.45, 7) is 2.12. The van der Waals surface area contributed by atoms with E-state index in [0.717, 1.165) is 19.5 Å². The van der Waals surface area contributed by atoms with Gasteiger partial charge in [-0.25, -0.2) is 4.98 Å². The lowest BCUT2D eigenvalue weighted by atomic mass is 10.0. The molecule has 1 fully saturated rings. The molecule has 0 aromatic carbocycles. The van der Waals surface area contributed by atoms with Gasteiger partial charge in [0.05, 0.1) is 19.0 Å². The van der Waals surface area contributed by atoms with Gasteiger partial charge in [0.15, 0.2) is 0 Å². The van der Waals surface area contributed by atoms with E-state index in [2.05, 4.69) is 15.6 Å². The molecule has 0 saturated carbocycles. The summed E-state index contributed by atoms with van der Waals surface area (Å²) in [5.41, 5.74) is 0.713. The number of nitrogens with zero attached hydrogens (tertiary/aromatic N) is 1. The van der Waals surface area contributed by atoms with Crippen LogP contribution >= 0.6 is 0 Å². The van der Waals surface area contributed by atoms with E-state index in [1.54, 1.807) is 25.4 Å². The summed E-state index contributed by atoms with van der Waals surface area (Å²) >= 11 is 0. The van der Waals surface area contributed by atoms with Gasteiger partial charge in [0.25, 0.3) is 0 Å². The van der Waals surface area contributed by atoms with Crippen molar-refractivity contribution in [1.82, 2.24) is 10.3 Å². The molecule has 1 amide bonds. The van der Waals surface area contributed by atoms with Crippen LogP contribution in [0, 0.1) is 5.92 Å². The Hall–Kier alpha value is -1.62. The second-order valence-electron chi connectivity index (χ2n) is 4.53. The largest absolute Gasteiger partial charge is 0.481 e. The van der Waals surface area contributed by atoms with Crippen molar-refractivity contribution in [1.29, 1.82) is 0 Å². The van der Waals surface area contributed by atoms with E-state index < -0.39 is 0 Å². The lowest BCUT2D eigenvalue weighted by molar-refractivity contribution is -0.116. The van der Waals surface area contributed by atoms with Crippen LogP contribution in [0.1, 0.15) is 19.3 Å². The Labute approximate surface area is 107 Å². The van der Waals surface area contributed by atoms with Crippen LogP contribution in [0.15, 0.2) is 18.3 Å². The molecule has 0 aliphatic carbocycles. The predicted octanol–water partition coefficient (Wildman–Crippen LogP) is 1.42. The van der Waals surface area contributed by atoms with Crippen LogP contribution < -0.4 is 15.4 Å². The summed E-state index contributed by atoms with van der Waals surface area (Å²) in [6.07, 6.45) is 4.30. The average Bonchev–Trinajstić information content (AvgIpc) is 2.90. The lowest BCUT2D eigenvalue weighted by Gasteiger charge is -2.08. The maximum atomic E-state index is 11.7. The summed E-state index contributed by atoms with van der Waals surface area (Å²) in [5.74, 6) is 1.24. The summed E-state index contributed by atoms with van der Waals surface area (Å²) < 4.78 is 4.96. The number of anilines is 1. The van der Waals surface area contributed by atoms with Crippen LogP contribution in [0.2, 0.25) is 0 Å². The third kappa shape index (κ3) is 3.70. The van der Waals surface area contributed by atoms with Crippen LogP contribution in [0.3, 0.4) is 0 Å². The van der Waals surface area contributed by atoms with Gasteiger partial charge in [0, 0.05) is 12.5 Å². The lowest BCUT2D eigenvalue weighted by Crippen LogP contribution is -2.15. The van der Waals surface area contributed by atoms with Gasteiger partial charge >= 0.3 is 0 Å². The number of ether oxygens (including phenoxy) is 1. The van der Waals surface area contributed by atoms with Crippen LogP contribution in [-0.4, -0.2) is 31.1 Å². The highest BCUT2D eigenvalue weighted by Crippen LogP contribution is 2.16. The first-order chi connectivity index (χ1) is 8.78. The van der Waals surface area contributed by atoms with Crippen LogP contribution in [0.5, 0.6) is 5.88 Å². The average molecular weight is 249 g/mol. The molecule has 98 valence electrons. The molecule has 1 aromatic rings. The number of hydrogen-bond donors (Lipinski definition) is 2. The minimum atomic E-state index is 0.0499. The Morgan fingerprint density at radius 3 is 3.11 bits per heavy atom. The Balaban J connectivity index is 1.75. The van der Waals surface area contributed by atoms with Crippen molar-refractivity contribution in [2.45, 2.75) is 19.3 Å². The van der Waals surface area contributed by atoms with E-state index in [1.807, 2.05) is 0 Å². The molecular weight excluding hydrogens is 230 g/mol. The quantitative estimate of drug-likeness (QED) is 0.828. The fourth-order valence-corrected chi connectivity index (χ4v) is 2.09. The Kier molecular flexibility index (Phi) is 4.52. The highest BCUT2D eigenvalue weighted by atomic mass is 16.5. The molecule has 1 aliphatic heterocycles. The molecule has 1 aliphatic rings. The van der Waals surface area contributed by atoms with Gasteiger partial charge in [-0.15, -0.1) is 0 Å². The molecule has 5 heteroatoms. The maximum Gasteiger partial charge on any atom is 0.224 e. The summed E-state index contributed by atoms with van der Waals surface area (Å²) in [5, 5.41) is 6.14. The van der Waals surface area contributed by atoms with Crippen LogP contribution in [0.25, 0.3) is 0 Å². The zero-order valence-electron chi connectivity index (χ0n) is 10.6. The number of amides is 1. The van der Waals surface area contributed by atoms with Gasteiger partial charge < -0.3 is 15.4 Å². The van der Waals surface area contributed by atoms with Gasteiger partial charge in [0.2, 0.25) is 11.8 Å². The van der Waals surface area contributed by atoms with Crippen LogP contribution in [-0.2, 0) is 4.79 Å². The maximum absolute atomic E-state index is 11.7. The zero-order valence-corrected chi connectivity index (χ0v) is 10.6. The first kappa shape index (κ1) is 12.8. The van der Waals surface area contributed by atoms with E-state index in [9.17, 15) is 4.79 Å². The number of hydrogen-bond acceptors (Lipinski definition) is 4. The van der Waals surface area contributed by atoms with E-state index >= 15 is 0 Å². The number of methoxy groups -OCH3 is 1. The molecule has 1 saturated heterocycles. The molecule has 0 bridgehead atoms. The Bertz CT molecular complexity index is 386. The molecule has 1 aromatic heterocycles. The molecule has 1 atom stereocenters. The number of carbonyl (C=O) groups is 1. The van der Waals surface area contributed by atoms with Gasteiger partial charge in [0.1, 0.15) is 0 Å². The third-order valence-electron chi connectivity index (χ3n) is 3.17. The minimum absolute atomic E-state index is 0.0499. The monoisotopic (exact) mass is 249 g/mol. The molecule has 1 unspecified atom stereocenters. The summed E-state index contributed by atoms with van der Waals surface area (Å²) in [4.78, 5) is 15.8. The van der Waals surface area contributed by atoms with E-state index in [0.29, 0.717) is 23.9 Å². The molecule has 2 heterocycles. The molecule has 18 heavy (non-hydrogen) atoms. The van der Waals surface area contributed by atoms with Crippen molar-refractivity contribution in [3.8, 4) is 5.88 Å². The van der Waals surface area contributed by atoms with Crippen molar-refractivity contribution < 1.29 is 9.53 Å². The van der Waals surface area contributed by atoms with Crippen molar-refractivity contribution in [3.05, 3.63) is 18.3 Å². The number of nitrogens with one attached hydrogen (secondary N) is 2. The van der Waals surface area contributed by atoms with Gasteiger partial charge in [-0.2, -0.15) is 0 Å². The number of rotatable bonds is 5. The normalized spacial score (nSPS) is 18.6. The molecular formula is C13H19N3O2. The Morgan fingerprint density at radius 1 is 1.61 bits per heavy atom. The van der Waals surface area contributed by atoms with E-state index in [4.69, 9.17) is 4.74 Å². The van der Waals surface area contributed by atoms with Gasteiger partial charge in [-0.1, -0.05) is 0 Å². The molecule has 2 rings (SSSR count). The second-order valence-corrected chi connectivity index (χ2v) is 4.53. The van der Waals surface area contributed by atoms with Crippen molar-refractivity contribution in [2.24, 2.45) is 5.92 Å². The highest BCUT2D eigenvalue weighted by Gasteiger charge is 2.15. The fraction of sp³-hybridized carbons (Fsp3) is 0.538. The van der Waals surface area contributed by atoms with Crippen molar-refractivity contribution in [2.75, 3.05) is 25.5 Å². The SMILES string of the molecule is COc1ccc(NC(=O)CCC2CCNC2)cn1. The number of pyridine rings is 1. The van der Waals surface area contributed by atoms with Gasteiger partial charge in [-0.3, -0.25) is 4.79 Å². The Morgan fingerprint density at radius 2 is 2.50 bits per heavy atom. The highest BCUT2D eigenvalue weighted by molar-refractivity contribution is 5.90. The first-order valence-electron chi connectivity index (χ1n) is 6.28. The second kappa shape index (κ2) is 6.35. The summed E-state index contributed by atoms with van der Waals surface area (Å²) in [7, 11) is 1.57. The van der Waals surface area contributed by atoms with E-state index in [1.165, 1.54) is 6.42 Å². The first-order valence-corrected chi connectivity index (χ1v) is 6.28. The standard InChI is InChI=1S/C13H19N3O2/c1-18-13-5-3-11(9-15-13)16-12(17)4-2-10-6-7-14-8-10/h3,5,9-10,14H,2,4,6-8H2,1H3,(H,16,17). The third-order valence-corrected chi connectivity index (χ3v) is 3.17. The van der Waals surface area contributed by atoms with Crippen molar-refractivity contribution >= 4 is 11.6 Å². The predicted molar refractivity (Wildman–Crippen MR) is 69.6 cm³/mol. The van der Waals surface area contributed by atoms with E-state index in [-0.39, 0.29) is 5.91 Å². The topological polar surface area (TPSA) is 63.2 Å². The molecule has 0 spiro atoms. The molecule has 2 N–H and O–H groups in total. The zero-order chi connectivity index (χ0) is 12.8. The minimum Gasteiger partial charge on any atom is -0.481 e. The molecule has 5 nitrogen and oxygen atoms in total. The van der Waals surface area contributed by atoms with Crippen LogP contribution in [0.4, 0.5) is 5.69 Å². The number of carbonyl (C=O) groups excluding carboxylic acids is 1. The van der Waals surface area contributed by atoms with Gasteiger partial charge in [-0.05, 0) is 37.9 Å². The summed E-state index contributed by atoms with van der Waals surface area (Å²) in [6, 6.07) is 3.53.